The maximum Gasteiger partial charge on any atom is 0.315 e. The number of methoxy groups -OCH3 is 1. The first-order valence-electron chi connectivity index (χ1n) is 9.69. The van der Waals surface area contributed by atoms with Gasteiger partial charge in [0.25, 0.3) is 0 Å². The monoisotopic (exact) mass is 435 g/mol. The second kappa shape index (κ2) is 10.4. The number of benzene rings is 2. The summed E-state index contributed by atoms with van der Waals surface area (Å²) in [6, 6.07) is 14.8. The van der Waals surface area contributed by atoms with Gasteiger partial charge in [-0.25, -0.2) is 4.98 Å². The molecule has 1 heterocycles. The Labute approximate surface area is 184 Å². The molecule has 1 aromatic heterocycles. The van der Waals surface area contributed by atoms with Crippen LogP contribution < -0.4 is 9.47 Å². The molecule has 0 N–H and O–H groups in total. The van der Waals surface area contributed by atoms with Crippen molar-refractivity contribution in [3.63, 3.8) is 0 Å². The largest absolute Gasteiger partial charge is 0.493 e. The van der Waals surface area contributed by atoms with Crippen molar-refractivity contribution in [3.8, 4) is 28.8 Å². The predicted molar refractivity (Wildman–Crippen MR) is 121 cm³/mol. The summed E-state index contributed by atoms with van der Waals surface area (Å²) in [6.45, 7) is 2.36. The average Bonchev–Trinajstić information content (AvgIpc) is 3.28. The summed E-state index contributed by atoms with van der Waals surface area (Å²) in [5.41, 5.74) is 2.28. The Bertz CT molecular complexity index is 1130. The molecule has 158 valence electrons. The number of unbranched alkanes of at least 4 members (excludes halogenated alkanes) is 1. The van der Waals surface area contributed by atoms with Gasteiger partial charge in [-0.05, 0) is 24.1 Å². The number of nitriles is 1. The van der Waals surface area contributed by atoms with E-state index < -0.39 is 4.92 Å². The fourth-order valence-electron chi connectivity index (χ4n) is 2.89. The molecule has 0 saturated carbocycles. The summed E-state index contributed by atoms with van der Waals surface area (Å²) < 4.78 is 11.0. The highest BCUT2D eigenvalue weighted by molar-refractivity contribution is 7.11. The SMILES string of the molecule is CCCCOc1c(OC)cc(/C=C(/C#N)c2nc(-c3ccccc3)cs2)cc1[N+](=O)[O-]. The van der Waals surface area contributed by atoms with E-state index in [4.69, 9.17) is 9.47 Å². The second-order valence-electron chi connectivity index (χ2n) is 6.60. The third-order valence-electron chi connectivity index (χ3n) is 4.45. The summed E-state index contributed by atoms with van der Waals surface area (Å²) in [7, 11) is 1.43. The lowest BCUT2D eigenvalue weighted by Crippen LogP contribution is -2.03. The summed E-state index contributed by atoms with van der Waals surface area (Å²) in [5.74, 6) is 0.343. The van der Waals surface area contributed by atoms with E-state index in [1.165, 1.54) is 24.5 Å². The average molecular weight is 436 g/mol. The van der Waals surface area contributed by atoms with Crippen molar-refractivity contribution in [1.82, 2.24) is 4.98 Å². The van der Waals surface area contributed by atoms with Crippen molar-refractivity contribution < 1.29 is 14.4 Å². The highest BCUT2D eigenvalue weighted by Gasteiger charge is 2.22. The number of aromatic nitrogens is 1. The van der Waals surface area contributed by atoms with Crippen molar-refractivity contribution in [1.29, 1.82) is 5.26 Å². The Balaban J connectivity index is 1.99. The third kappa shape index (κ3) is 5.27. The van der Waals surface area contributed by atoms with E-state index >= 15 is 0 Å². The van der Waals surface area contributed by atoms with E-state index in [1.54, 1.807) is 12.1 Å². The molecule has 0 radical (unpaired) electrons. The topological polar surface area (TPSA) is 98.3 Å². The standard InChI is InChI=1S/C23H21N3O4S/c1-3-4-10-30-22-20(26(27)28)12-16(13-21(22)29-2)11-18(14-24)23-25-19(15-31-23)17-8-6-5-7-9-17/h5-9,11-13,15H,3-4,10H2,1-2H3/b18-11-. The molecule has 0 atom stereocenters. The highest BCUT2D eigenvalue weighted by atomic mass is 32.1. The molecule has 0 bridgehead atoms. The van der Waals surface area contributed by atoms with Crippen molar-refractivity contribution >= 4 is 28.7 Å². The maximum atomic E-state index is 11.6. The molecule has 0 unspecified atom stereocenters. The van der Waals surface area contributed by atoms with E-state index in [1.807, 2.05) is 42.6 Å². The van der Waals surface area contributed by atoms with Gasteiger partial charge in [-0.15, -0.1) is 11.3 Å². The van der Waals surface area contributed by atoms with Crippen LogP contribution in [0.1, 0.15) is 30.3 Å². The van der Waals surface area contributed by atoms with Crippen LogP contribution in [0.5, 0.6) is 11.5 Å². The van der Waals surface area contributed by atoms with Gasteiger partial charge in [-0.1, -0.05) is 43.7 Å². The predicted octanol–water partition coefficient (Wildman–Crippen LogP) is 5.97. The van der Waals surface area contributed by atoms with Gasteiger partial charge in [0.05, 0.1) is 29.9 Å². The molecule has 0 fully saturated rings. The molecule has 0 aliphatic heterocycles. The van der Waals surface area contributed by atoms with Crippen LogP contribution in [0.3, 0.4) is 0 Å². The Morgan fingerprint density at radius 1 is 1.32 bits per heavy atom. The Morgan fingerprint density at radius 3 is 2.74 bits per heavy atom. The minimum Gasteiger partial charge on any atom is -0.493 e. The molecule has 0 aliphatic rings. The molecule has 0 amide bonds. The molecule has 8 heteroatoms. The summed E-state index contributed by atoms with van der Waals surface area (Å²) in [4.78, 5) is 15.7. The number of thiazole rings is 1. The van der Waals surface area contributed by atoms with Crippen molar-refractivity contribution in [2.45, 2.75) is 19.8 Å². The van der Waals surface area contributed by atoms with Gasteiger partial charge in [0, 0.05) is 17.0 Å². The molecular weight excluding hydrogens is 414 g/mol. The molecule has 0 spiro atoms. The Morgan fingerprint density at radius 2 is 2.10 bits per heavy atom. The minimum absolute atomic E-state index is 0.0946. The molecule has 31 heavy (non-hydrogen) atoms. The fourth-order valence-corrected chi connectivity index (χ4v) is 3.68. The van der Waals surface area contributed by atoms with Gasteiger partial charge >= 0.3 is 5.69 Å². The molecule has 3 rings (SSSR count). The van der Waals surface area contributed by atoms with E-state index in [0.29, 0.717) is 22.8 Å². The van der Waals surface area contributed by atoms with Crippen LogP contribution in [0.2, 0.25) is 0 Å². The first kappa shape index (κ1) is 22.0. The molecule has 0 aliphatic carbocycles. The number of ether oxygens (including phenoxy) is 2. The quantitative estimate of drug-likeness (QED) is 0.178. The number of nitro groups is 1. The van der Waals surface area contributed by atoms with Crippen LogP contribution in [-0.2, 0) is 0 Å². The molecule has 0 saturated heterocycles. The normalized spacial score (nSPS) is 11.1. The number of nitrogens with zero attached hydrogens (tertiary/aromatic N) is 3. The van der Waals surface area contributed by atoms with Crippen LogP contribution in [0.25, 0.3) is 22.9 Å². The Hall–Kier alpha value is -3.70. The lowest BCUT2D eigenvalue weighted by atomic mass is 10.1. The summed E-state index contributed by atoms with van der Waals surface area (Å²) in [6.07, 6.45) is 3.24. The van der Waals surface area contributed by atoms with Crippen LogP contribution in [0.15, 0.2) is 47.8 Å². The van der Waals surface area contributed by atoms with Gasteiger partial charge in [-0.2, -0.15) is 5.26 Å². The van der Waals surface area contributed by atoms with Crippen LogP contribution in [0, 0.1) is 21.4 Å². The van der Waals surface area contributed by atoms with Gasteiger partial charge < -0.3 is 9.47 Å². The van der Waals surface area contributed by atoms with Gasteiger partial charge in [0.2, 0.25) is 5.75 Å². The first-order chi connectivity index (χ1) is 15.1. The molecule has 3 aromatic rings. The summed E-state index contributed by atoms with van der Waals surface area (Å²) >= 11 is 1.34. The van der Waals surface area contributed by atoms with Crippen molar-refractivity contribution in [3.05, 3.63) is 68.5 Å². The van der Waals surface area contributed by atoms with Crippen molar-refractivity contribution in [2.24, 2.45) is 0 Å². The summed E-state index contributed by atoms with van der Waals surface area (Å²) in [5, 5.41) is 23.7. The third-order valence-corrected chi connectivity index (χ3v) is 5.33. The lowest BCUT2D eigenvalue weighted by Gasteiger charge is -2.11. The smallest absolute Gasteiger partial charge is 0.315 e. The zero-order chi connectivity index (χ0) is 22.2. The van der Waals surface area contributed by atoms with E-state index in [9.17, 15) is 15.4 Å². The zero-order valence-corrected chi connectivity index (χ0v) is 18.0. The van der Waals surface area contributed by atoms with Gasteiger partial charge in [0.15, 0.2) is 5.75 Å². The highest BCUT2D eigenvalue weighted by Crippen LogP contribution is 2.39. The number of nitro benzene ring substituents is 1. The van der Waals surface area contributed by atoms with E-state index in [-0.39, 0.29) is 17.2 Å². The van der Waals surface area contributed by atoms with E-state index in [2.05, 4.69) is 11.1 Å². The Kier molecular flexibility index (Phi) is 7.35. The van der Waals surface area contributed by atoms with E-state index in [0.717, 1.165) is 24.1 Å². The molecular formula is C23H21N3O4S. The second-order valence-corrected chi connectivity index (χ2v) is 7.46. The lowest BCUT2D eigenvalue weighted by molar-refractivity contribution is -0.386. The minimum atomic E-state index is -0.510. The first-order valence-corrected chi connectivity index (χ1v) is 10.6. The van der Waals surface area contributed by atoms with Crippen LogP contribution >= 0.6 is 11.3 Å². The number of allylic oxidation sites excluding steroid dienone is 1. The molecule has 7 nitrogen and oxygen atoms in total. The zero-order valence-electron chi connectivity index (χ0n) is 17.2. The number of hydrogen-bond acceptors (Lipinski definition) is 7. The van der Waals surface area contributed by atoms with Crippen LogP contribution in [-0.4, -0.2) is 23.6 Å². The fraction of sp³-hybridized carbons (Fsp3) is 0.217. The van der Waals surface area contributed by atoms with Gasteiger partial charge in [-0.3, -0.25) is 10.1 Å². The molecule has 2 aromatic carbocycles. The number of rotatable bonds is 9. The van der Waals surface area contributed by atoms with Crippen molar-refractivity contribution in [2.75, 3.05) is 13.7 Å². The van der Waals surface area contributed by atoms with Gasteiger partial charge in [0.1, 0.15) is 11.1 Å². The number of hydrogen-bond donors (Lipinski definition) is 0. The maximum absolute atomic E-state index is 11.6. The van der Waals surface area contributed by atoms with Crippen LogP contribution in [0.4, 0.5) is 5.69 Å².